The predicted octanol–water partition coefficient (Wildman–Crippen LogP) is 4.20. The number of anilines is 1. The van der Waals surface area contributed by atoms with Crippen molar-refractivity contribution >= 4 is 26.7 Å². The number of aromatic nitrogens is 1. The molecule has 4 heteroatoms. The second kappa shape index (κ2) is 5.18. The van der Waals surface area contributed by atoms with Gasteiger partial charge >= 0.3 is 0 Å². The van der Waals surface area contributed by atoms with Crippen molar-refractivity contribution in [3.05, 3.63) is 23.3 Å². The first-order chi connectivity index (χ1) is 11.5. The van der Waals surface area contributed by atoms with Crippen LogP contribution in [0.4, 0.5) is 5.13 Å². The third-order valence-corrected chi connectivity index (χ3v) is 8.21. The number of thiazole rings is 1. The fraction of sp³-hybridized carbons (Fsp3) is 0.650. The average molecular weight is 342 g/mol. The summed E-state index contributed by atoms with van der Waals surface area (Å²) in [4.78, 5) is 7.37. The summed E-state index contributed by atoms with van der Waals surface area (Å²) in [7, 11) is 0. The molecule has 2 bridgehead atoms. The average Bonchev–Trinajstić information content (AvgIpc) is 2.86. The van der Waals surface area contributed by atoms with Gasteiger partial charge < -0.3 is 5.73 Å². The summed E-state index contributed by atoms with van der Waals surface area (Å²) < 4.78 is 1.26. The molecule has 3 aliphatic rings. The Morgan fingerprint density at radius 1 is 1.38 bits per heavy atom. The standard InChI is InChI=1S/C20H27N3S/c1-12-17-8-14-9-18-16(22-19(21)24-18)10-15(14)20(12,2)6-7-23(17)11-13-4-3-5-13/h9-10,12-13,17H,3-8,11H2,1-2H3,(H2,21,22)/t12-,17+,20+/m0/s1. The summed E-state index contributed by atoms with van der Waals surface area (Å²) in [5, 5.41) is 0.695. The maximum absolute atomic E-state index is 5.95. The van der Waals surface area contributed by atoms with E-state index in [-0.39, 0.29) is 0 Å². The minimum atomic E-state index is 0.293. The van der Waals surface area contributed by atoms with E-state index in [1.54, 1.807) is 22.5 Å². The highest BCUT2D eigenvalue weighted by molar-refractivity contribution is 7.22. The number of fused-ring (bicyclic) bond motifs is 5. The molecule has 5 rings (SSSR count). The molecule has 1 aromatic carbocycles. The summed E-state index contributed by atoms with van der Waals surface area (Å²) >= 11 is 1.63. The van der Waals surface area contributed by atoms with Crippen LogP contribution in [0.15, 0.2) is 12.1 Å². The van der Waals surface area contributed by atoms with Gasteiger partial charge in [0.1, 0.15) is 0 Å². The highest BCUT2D eigenvalue weighted by Gasteiger charge is 2.48. The SMILES string of the molecule is C[C@H]1[C@H]2Cc3cc4sc(N)nc4cc3[C@]1(C)CCN2CC1CCC1. The molecule has 3 nitrogen and oxygen atoms in total. The van der Waals surface area contributed by atoms with Crippen molar-refractivity contribution in [2.24, 2.45) is 11.8 Å². The number of likely N-dealkylation sites (tertiary alicyclic amines) is 1. The molecular weight excluding hydrogens is 314 g/mol. The van der Waals surface area contributed by atoms with E-state index in [9.17, 15) is 0 Å². The van der Waals surface area contributed by atoms with E-state index in [0.29, 0.717) is 22.5 Å². The third kappa shape index (κ3) is 2.08. The first-order valence-electron chi connectivity index (χ1n) is 9.48. The van der Waals surface area contributed by atoms with Crippen molar-refractivity contribution in [2.75, 3.05) is 18.8 Å². The molecule has 1 saturated carbocycles. The van der Waals surface area contributed by atoms with Crippen LogP contribution in [-0.4, -0.2) is 29.0 Å². The largest absolute Gasteiger partial charge is 0.375 e. The molecule has 2 aliphatic carbocycles. The van der Waals surface area contributed by atoms with Gasteiger partial charge in [0.2, 0.25) is 0 Å². The number of benzene rings is 1. The van der Waals surface area contributed by atoms with E-state index in [2.05, 4.69) is 35.9 Å². The fourth-order valence-electron chi connectivity index (χ4n) is 5.39. The molecule has 2 N–H and O–H groups in total. The van der Waals surface area contributed by atoms with Crippen molar-refractivity contribution in [3.8, 4) is 0 Å². The van der Waals surface area contributed by atoms with E-state index in [1.807, 2.05) is 0 Å². The number of hydrogen-bond donors (Lipinski definition) is 1. The molecule has 2 fully saturated rings. The number of hydrogen-bond acceptors (Lipinski definition) is 4. The minimum Gasteiger partial charge on any atom is -0.375 e. The summed E-state index contributed by atoms with van der Waals surface area (Å²) in [6.07, 6.45) is 6.82. The van der Waals surface area contributed by atoms with Gasteiger partial charge in [-0.05, 0) is 72.7 Å². The van der Waals surface area contributed by atoms with Crippen LogP contribution >= 0.6 is 11.3 Å². The van der Waals surface area contributed by atoms with Crippen LogP contribution < -0.4 is 5.73 Å². The van der Waals surface area contributed by atoms with Gasteiger partial charge in [-0.1, -0.05) is 31.6 Å². The molecule has 1 saturated heterocycles. The highest BCUT2D eigenvalue weighted by atomic mass is 32.1. The molecule has 1 aromatic heterocycles. The lowest BCUT2D eigenvalue weighted by Crippen LogP contribution is -2.59. The fourth-order valence-corrected chi connectivity index (χ4v) is 6.17. The van der Waals surface area contributed by atoms with E-state index >= 15 is 0 Å². The Morgan fingerprint density at radius 2 is 2.21 bits per heavy atom. The Morgan fingerprint density at radius 3 is 2.96 bits per heavy atom. The minimum absolute atomic E-state index is 0.293. The maximum atomic E-state index is 5.95. The second-order valence-corrected chi connectivity index (χ2v) is 9.61. The molecule has 0 amide bonds. The lowest BCUT2D eigenvalue weighted by atomic mass is 9.59. The normalized spacial score (nSPS) is 33.4. The van der Waals surface area contributed by atoms with E-state index < -0.39 is 0 Å². The monoisotopic (exact) mass is 341 g/mol. The van der Waals surface area contributed by atoms with E-state index in [1.165, 1.54) is 49.9 Å². The maximum Gasteiger partial charge on any atom is 0.181 e. The lowest BCUT2D eigenvalue weighted by Gasteiger charge is -2.55. The Labute approximate surface area is 148 Å². The topological polar surface area (TPSA) is 42.1 Å². The van der Waals surface area contributed by atoms with Gasteiger partial charge in [-0.15, -0.1) is 0 Å². The summed E-state index contributed by atoms with van der Waals surface area (Å²) in [5.74, 6) is 1.68. The highest BCUT2D eigenvalue weighted by Crippen LogP contribution is 2.50. The van der Waals surface area contributed by atoms with Crippen LogP contribution in [0, 0.1) is 11.8 Å². The Bertz CT molecular complexity index is 794. The first kappa shape index (κ1) is 15.2. The number of nitrogens with two attached hydrogens (primary N) is 1. The number of nitrogen functional groups attached to an aromatic ring is 1. The smallest absolute Gasteiger partial charge is 0.181 e. The molecule has 128 valence electrons. The summed E-state index contributed by atoms with van der Waals surface area (Å²) in [5.41, 5.74) is 10.4. The van der Waals surface area contributed by atoms with Gasteiger partial charge in [0.15, 0.2) is 5.13 Å². The van der Waals surface area contributed by atoms with Crippen molar-refractivity contribution in [3.63, 3.8) is 0 Å². The van der Waals surface area contributed by atoms with Crippen LogP contribution in [-0.2, 0) is 11.8 Å². The van der Waals surface area contributed by atoms with Crippen molar-refractivity contribution in [1.29, 1.82) is 0 Å². The number of piperidine rings is 1. The molecule has 0 spiro atoms. The molecule has 0 unspecified atom stereocenters. The molecule has 1 aliphatic heterocycles. The zero-order valence-corrected chi connectivity index (χ0v) is 15.5. The Balaban J connectivity index is 1.56. The zero-order chi connectivity index (χ0) is 16.5. The van der Waals surface area contributed by atoms with Gasteiger partial charge in [-0.3, -0.25) is 4.90 Å². The second-order valence-electron chi connectivity index (χ2n) is 8.55. The predicted molar refractivity (Wildman–Crippen MR) is 102 cm³/mol. The van der Waals surface area contributed by atoms with Crippen LogP contribution in [0.3, 0.4) is 0 Å². The quantitative estimate of drug-likeness (QED) is 0.890. The van der Waals surface area contributed by atoms with Crippen LogP contribution in [0.25, 0.3) is 10.2 Å². The summed E-state index contributed by atoms with van der Waals surface area (Å²) in [6.45, 7) is 7.57. The molecule has 2 aromatic rings. The van der Waals surface area contributed by atoms with Crippen molar-refractivity contribution in [1.82, 2.24) is 9.88 Å². The Kier molecular flexibility index (Phi) is 3.27. The van der Waals surface area contributed by atoms with Gasteiger partial charge in [-0.2, -0.15) is 0 Å². The lowest BCUT2D eigenvalue weighted by molar-refractivity contribution is 0.0124. The summed E-state index contributed by atoms with van der Waals surface area (Å²) in [6, 6.07) is 5.45. The number of nitrogens with zero attached hydrogens (tertiary/aromatic N) is 2. The van der Waals surface area contributed by atoms with Gasteiger partial charge in [0.25, 0.3) is 0 Å². The van der Waals surface area contributed by atoms with Gasteiger partial charge in [0.05, 0.1) is 10.2 Å². The van der Waals surface area contributed by atoms with Gasteiger partial charge in [-0.25, -0.2) is 4.98 Å². The van der Waals surface area contributed by atoms with Crippen molar-refractivity contribution in [2.45, 2.75) is 57.4 Å². The number of rotatable bonds is 2. The van der Waals surface area contributed by atoms with Crippen LogP contribution in [0.2, 0.25) is 0 Å². The van der Waals surface area contributed by atoms with Crippen LogP contribution in [0.1, 0.15) is 50.7 Å². The van der Waals surface area contributed by atoms with Crippen molar-refractivity contribution < 1.29 is 0 Å². The van der Waals surface area contributed by atoms with Gasteiger partial charge in [0, 0.05) is 12.6 Å². The molecule has 3 atom stereocenters. The zero-order valence-electron chi connectivity index (χ0n) is 14.7. The first-order valence-corrected chi connectivity index (χ1v) is 10.3. The molecule has 2 heterocycles. The van der Waals surface area contributed by atoms with Crippen LogP contribution in [0.5, 0.6) is 0 Å². The van der Waals surface area contributed by atoms with E-state index in [4.69, 9.17) is 5.73 Å². The van der Waals surface area contributed by atoms with E-state index in [0.717, 1.165) is 11.4 Å². The Hall–Kier alpha value is -1.13. The third-order valence-electron chi connectivity index (χ3n) is 7.36. The molecular formula is C20H27N3S. The molecule has 0 radical (unpaired) electrons. The molecule has 24 heavy (non-hydrogen) atoms.